The van der Waals surface area contributed by atoms with Crippen LogP contribution in [0.2, 0.25) is 0 Å². The summed E-state index contributed by atoms with van der Waals surface area (Å²) in [6, 6.07) is 5.39. The molecule has 0 aliphatic heterocycles. The zero-order chi connectivity index (χ0) is 15.5. The highest BCUT2D eigenvalue weighted by molar-refractivity contribution is 7.99. The van der Waals surface area contributed by atoms with Gasteiger partial charge in [0.2, 0.25) is 5.16 Å². The summed E-state index contributed by atoms with van der Waals surface area (Å²) >= 11 is 1.50. The summed E-state index contributed by atoms with van der Waals surface area (Å²) < 4.78 is 41.6. The SMILES string of the molecule is CCC(C)Sc1nnnn1-c1ccc(OC(F)(F)F)cc1. The topological polar surface area (TPSA) is 52.8 Å². The lowest BCUT2D eigenvalue weighted by atomic mass is 10.3. The van der Waals surface area contributed by atoms with Crippen LogP contribution in [0.1, 0.15) is 20.3 Å². The first kappa shape index (κ1) is 15.6. The van der Waals surface area contributed by atoms with Gasteiger partial charge in [-0.05, 0) is 41.1 Å². The summed E-state index contributed by atoms with van der Waals surface area (Å²) in [5.74, 6) is -0.282. The Labute approximate surface area is 123 Å². The third-order valence-corrected chi connectivity index (χ3v) is 3.84. The lowest BCUT2D eigenvalue weighted by molar-refractivity contribution is -0.274. The number of aromatic nitrogens is 4. The Balaban J connectivity index is 2.18. The lowest BCUT2D eigenvalue weighted by Gasteiger charge is -2.10. The molecule has 1 aromatic heterocycles. The molecule has 9 heteroatoms. The van der Waals surface area contributed by atoms with E-state index < -0.39 is 6.36 Å². The molecule has 0 aliphatic carbocycles. The zero-order valence-electron chi connectivity index (χ0n) is 11.3. The van der Waals surface area contributed by atoms with Crippen molar-refractivity contribution in [2.75, 3.05) is 0 Å². The van der Waals surface area contributed by atoms with E-state index in [1.165, 1.54) is 40.7 Å². The second-order valence-electron chi connectivity index (χ2n) is 4.25. The Bertz CT molecular complexity index is 585. The van der Waals surface area contributed by atoms with Crippen LogP contribution in [0.4, 0.5) is 13.2 Å². The van der Waals surface area contributed by atoms with Crippen LogP contribution < -0.4 is 4.74 Å². The minimum atomic E-state index is -4.70. The normalized spacial score (nSPS) is 13.2. The molecule has 21 heavy (non-hydrogen) atoms. The van der Waals surface area contributed by atoms with Crippen LogP contribution in [0.5, 0.6) is 5.75 Å². The van der Waals surface area contributed by atoms with Crippen molar-refractivity contribution < 1.29 is 17.9 Å². The van der Waals surface area contributed by atoms with Crippen molar-refractivity contribution in [3.63, 3.8) is 0 Å². The highest BCUT2D eigenvalue weighted by Crippen LogP contribution is 2.26. The quantitative estimate of drug-likeness (QED) is 0.790. The number of nitrogens with zero attached hydrogens (tertiary/aromatic N) is 4. The predicted molar refractivity (Wildman–Crippen MR) is 71.4 cm³/mol. The molecule has 0 radical (unpaired) electrons. The van der Waals surface area contributed by atoms with Crippen LogP contribution in [0.3, 0.4) is 0 Å². The smallest absolute Gasteiger partial charge is 0.406 e. The molecule has 1 aromatic carbocycles. The van der Waals surface area contributed by atoms with Gasteiger partial charge in [-0.3, -0.25) is 0 Å². The number of rotatable bonds is 5. The molecule has 0 spiro atoms. The summed E-state index contributed by atoms with van der Waals surface area (Å²) in [6.45, 7) is 4.10. The summed E-state index contributed by atoms with van der Waals surface area (Å²) in [7, 11) is 0. The Hall–Kier alpha value is -1.77. The Morgan fingerprint density at radius 3 is 2.52 bits per heavy atom. The predicted octanol–water partition coefficient (Wildman–Crippen LogP) is 3.45. The van der Waals surface area contributed by atoms with Crippen molar-refractivity contribution in [2.24, 2.45) is 0 Å². The van der Waals surface area contributed by atoms with Crippen LogP contribution in [0, 0.1) is 0 Å². The Kier molecular flexibility index (Phi) is 4.71. The minimum Gasteiger partial charge on any atom is -0.406 e. The van der Waals surface area contributed by atoms with Gasteiger partial charge in [-0.2, -0.15) is 4.68 Å². The van der Waals surface area contributed by atoms with Gasteiger partial charge in [-0.1, -0.05) is 25.6 Å². The molecular weight excluding hydrogens is 305 g/mol. The average Bonchev–Trinajstić information content (AvgIpc) is 2.86. The number of tetrazole rings is 1. The molecule has 2 aromatic rings. The largest absolute Gasteiger partial charge is 0.573 e. The van der Waals surface area contributed by atoms with Gasteiger partial charge >= 0.3 is 6.36 Å². The molecular formula is C12H13F3N4OS. The van der Waals surface area contributed by atoms with Crippen LogP contribution in [-0.4, -0.2) is 31.8 Å². The molecule has 0 N–H and O–H groups in total. The number of hydrogen-bond donors (Lipinski definition) is 0. The van der Waals surface area contributed by atoms with Gasteiger partial charge in [0.25, 0.3) is 0 Å². The van der Waals surface area contributed by atoms with Gasteiger partial charge in [-0.25, -0.2) is 0 Å². The van der Waals surface area contributed by atoms with E-state index in [2.05, 4.69) is 27.2 Å². The van der Waals surface area contributed by atoms with E-state index >= 15 is 0 Å². The van der Waals surface area contributed by atoms with E-state index in [1.54, 1.807) is 0 Å². The summed E-state index contributed by atoms with van der Waals surface area (Å²) in [4.78, 5) is 0. The minimum absolute atomic E-state index is 0.282. The fraction of sp³-hybridized carbons (Fsp3) is 0.417. The number of ether oxygens (including phenoxy) is 1. The van der Waals surface area contributed by atoms with E-state index in [0.717, 1.165) is 6.42 Å². The Morgan fingerprint density at radius 1 is 1.29 bits per heavy atom. The van der Waals surface area contributed by atoms with Gasteiger partial charge in [0.1, 0.15) is 5.75 Å². The maximum Gasteiger partial charge on any atom is 0.573 e. The van der Waals surface area contributed by atoms with Gasteiger partial charge < -0.3 is 4.74 Å². The molecule has 1 atom stereocenters. The number of halogens is 3. The average molecular weight is 318 g/mol. The highest BCUT2D eigenvalue weighted by Gasteiger charge is 2.31. The van der Waals surface area contributed by atoms with E-state index in [1.807, 2.05) is 6.92 Å². The molecule has 0 bridgehead atoms. The third kappa shape index (κ3) is 4.35. The molecule has 0 saturated carbocycles. The molecule has 2 rings (SSSR count). The zero-order valence-corrected chi connectivity index (χ0v) is 12.1. The van der Waals surface area contributed by atoms with Crippen molar-refractivity contribution in [3.8, 4) is 11.4 Å². The van der Waals surface area contributed by atoms with Gasteiger partial charge in [-0.15, -0.1) is 18.3 Å². The maximum absolute atomic E-state index is 12.1. The second-order valence-corrected chi connectivity index (χ2v) is 5.66. The van der Waals surface area contributed by atoms with Crippen molar-refractivity contribution in [1.29, 1.82) is 0 Å². The standard InChI is InChI=1S/C12H13F3N4OS/c1-3-8(2)21-11-16-17-18-19(11)9-4-6-10(7-5-9)20-12(13,14)15/h4-8H,3H2,1-2H3. The number of alkyl halides is 3. The van der Waals surface area contributed by atoms with Crippen molar-refractivity contribution in [2.45, 2.75) is 37.0 Å². The van der Waals surface area contributed by atoms with Crippen LogP contribution in [0.15, 0.2) is 29.4 Å². The fourth-order valence-electron chi connectivity index (χ4n) is 1.47. The van der Waals surface area contributed by atoms with E-state index in [4.69, 9.17) is 0 Å². The molecule has 1 heterocycles. The maximum atomic E-state index is 12.1. The first-order valence-electron chi connectivity index (χ1n) is 6.20. The van der Waals surface area contributed by atoms with Crippen molar-refractivity contribution >= 4 is 11.8 Å². The number of thioether (sulfide) groups is 1. The molecule has 0 amide bonds. The number of hydrogen-bond acceptors (Lipinski definition) is 5. The van der Waals surface area contributed by atoms with Crippen LogP contribution in [0.25, 0.3) is 5.69 Å². The first-order valence-corrected chi connectivity index (χ1v) is 7.08. The second kappa shape index (κ2) is 6.33. The van der Waals surface area contributed by atoms with Crippen molar-refractivity contribution in [3.05, 3.63) is 24.3 Å². The fourth-order valence-corrected chi connectivity index (χ4v) is 2.32. The van der Waals surface area contributed by atoms with Gasteiger partial charge in [0.05, 0.1) is 5.69 Å². The Morgan fingerprint density at radius 2 is 1.95 bits per heavy atom. The molecule has 5 nitrogen and oxygen atoms in total. The van der Waals surface area contributed by atoms with E-state index in [0.29, 0.717) is 16.1 Å². The highest BCUT2D eigenvalue weighted by atomic mass is 32.2. The summed E-state index contributed by atoms with van der Waals surface area (Å²) in [5.41, 5.74) is 0.570. The lowest BCUT2D eigenvalue weighted by Crippen LogP contribution is -2.17. The van der Waals surface area contributed by atoms with E-state index in [-0.39, 0.29) is 5.75 Å². The van der Waals surface area contributed by atoms with Crippen molar-refractivity contribution in [1.82, 2.24) is 20.2 Å². The monoisotopic (exact) mass is 318 g/mol. The molecule has 114 valence electrons. The molecule has 0 fully saturated rings. The van der Waals surface area contributed by atoms with Gasteiger partial charge in [0, 0.05) is 5.25 Å². The number of benzene rings is 1. The molecule has 1 unspecified atom stereocenters. The molecule has 0 aliphatic rings. The van der Waals surface area contributed by atoms with Crippen LogP contribution >= 0.6 is 11.8 Å². The first-order chi connectivity index (χ1) is 9.89. The van der Waals surface area contributed by atoms with E-state index in [9.17, 15) is 13.2 Å². The summed E-state index contributed by atoms with van der Waals surface area (Å²) in [5, 5.41) is 12.3. The summed E-state index contributed by atoms with van der Waals surface area (Å²) in [6.07, 6.45) is -3.75. The van der Waals surface area contributed by atoms with Gasteiger partial charge in [0.15, 0.2) is 0 Å². The third-order valence-electron chi connectivity index (χ3n) is 2.64. The van der Waals surface area contributed by atoms with Crippen LogP contribution in [-0.2, 0) is 0 Å². The molecule has 0 saturated heterocycles.